The quantitative estimate of drug-likeness (QED) is 0.249. The van der Waals surface area contributed by atoms with E-state index in [-0.39, 0.29) is 11.3 Å². The van der Waals surface area contributed by atoms with Gasteiger partial charge >= 0.3 is 0 Å². The van der Waals surface area contributed by atoms with E-state index in [0.717, 1.165) is 25.1 Å². The van der Waals surface area contributed by atoms with Gasteiger partial charge in [0.1, 0.15) is 5.84 Å². The highest BCUT2D eigenvalue weighted by atomic mass is 32.1. The van der Waals surface area contributed by atoms with E-state index < -0.39 is 0 Å². The molecule has 0 aliphatic rings. The molecule has 108 valence electrons. The summed E-state index contributed by atoms with van der Waals surface area (Å²) in [4.78, 5) is 0. The van der Waals surface area contributed by atoms with E-state index in [1.54, 1.807) is 11.3 Å². The Hall–Kier alpha value is -1.75. The fourth-order valence-electron chi connectivity index (χ4n) is 2.10. The smallest absolute Gasteiger partial charge is 0.144 e. The fourth-order valence-corrected chi connectivity index (χ4v) is 2.87. The van der Waals surface area contributed by atoms with Gasteiger partial charge < -0.3 is 16.3 Å². The Morgan fingerprint density at radius 1 is 1.40 bits per heavy atom. The van der Waals surface area contributed by atoms with Gasteiger partial charge in [-0.1, -0.05) is 19.0 Å². The van der Waals surface area contributed by atoms with Crippen LogP contribution in [0.1, 0.15) is 26.7 Å². The molecular weight excluding hydrogens is 270 g/mol. The van der Waals surface area contributed by atoms with Crippen LogP contribution >= 0.6 is 11.3 Å². The van der Waals surface area contributed by atoms with E-state index in [4.69, 9.17) is 10.9 Å². The maximum Gasteiger partial charge on any atom is 0.144 e. The van der Waals surface area contributed by atoms with E-state index >= 15 is 0 Å². The summed E-state index contributed by atoms with van der Waals surface area (Å²) >= 11 is 1.75. The van der Waals surface area contributed by atoms with Crippen LogP contribution in [0.2, 0.25) is 0 Å². The number of hydrogen-bond donors (Lipinski definition) is 3. The third-order valence-electron chi connectivity index (χ3n) is 3.56. The zero-order valence-corrected chi connectivity index (χ0v) is 12.7. The highest BCUT2D eigenvalue weighted by Gasteiger charge is 2.22. The second-order valence-corrected chi connectivity index (χ2v) is 6.52. The number of amidine groups is 1. The average molecular weight is 291 g/mol. The minimum atomic E-state index is -0.270. The number of nitrogens with one attached hydrogen (secondary N) is 1. The summed E-state index contributed by atoms with van der Waals surface area (Å²) in [7, 11) is 0. The first-order valence-electron chi connectivity index (χ1n) is 6.72. The first kappa shape index (κ1) is 14.7. The molecule has 2 aromatic rings. The van der Waals surface area contributed by atoms with E-state index in [1.807, 2.05) is 13.8 Å². The number of benzene rings is 1. The minimum Gasteiger partial charge on any atom is -0.409 e. The molecule has 0 radical (unpaired) electrons. The maximum absolute atomic E-state index is 8.73. The summed E-state index contributed by atoms with van der Waals surface area (Å²) in [5.74, 6) is 0.289. The molecule has 4 N–H and O–H groups in total. The number of fused-ring (bicyclic) bond motifs is 1. The van der Waals surface area contributed by atoms with Crippen LogP contribution < -0.4 is 11.1 Å². The summed E-state index contributed by atoms with van der Waals surface area (Å²) in [6.45, 7) is 4.84. The van der Waals surface area contributed by atoms with Crippen molar-refractivity contribution in [1.29, 1.82) is 0 Å². The Balaban J connectivity index is 1.84. The van der Waals surface area contributed by atoms with Gasteiger partial charge in [-0.3, -0.25) is 0 Å². The topological polar surface area (TPSA) is 70.6 Å². The SMILES string of the molecule is CC(C)(CCCNc1ccc2sccc2c1)C(N)=NO. The molecule has 0 atom stereocenters. The second-order valence-electron chi connectivity index (χ2n) is 5.57. The molecule has 1 aromatic carbocycles. The van der Waals surface area contributed by atoms with Crippen molar-refractivity contribution < 1.29 is 5.21 Å². The predicted molar refractivity (Wildman–Crippen MR) is 86.7 cm³/mol. The summed E-state index contributed by atoms with van der Waals surface area (Å²) in [5, 5.41) is 18.6. The number of hydrogen-bond acceptors (Lipinski definition) is 4. The zero-order chi connectivity index (χ0) is 14.6. The van der Waals surface area contributed by atoms with Gasteiger partial charge in [-0.05, 0) is 47.9 Å². The minimum absolute atomic E-state index is 0.270. The molecule has 1 heterocycles. The Morgan fingerprint density at radius 2 is 2.20 bits per heavy atom. The van der Waals surface area contributed by atoms with Crippen molar-refractivity contribution in [3.63, 3.8) is 0 Å². The third-order valence-corrected chi connectivity index (χ3v) is 4.46. The lowest BCUT2D eigenvalue weighted by molar-refractivity contribution is 0.305. The Kier molecular flexibility index (Phi) is 4.49. The number of rotatable bonds is 6. The van der Waals surface area contributed by atoms with Gasteiger partial charge in [-0.2, -0.15) is 0 Å². The number of nitrogens with two attached hydrogens (primary N) is 1. The number of thiophene rings is 1. The molecule has 0 saturated carbocycles. The van der Waals surface area contributed by atoms with E-state index in [0.29, 0.717) is 0 Å². The molecule has 0 saturated heterocycles. The molecule has 0 unspecified atom stereocenters. The molecule has 1 aromatic heterocycles. The molecule has 5 heteroatoms. The van der Waals surface area contributed by atoms with Gasteiger partial charge in [0.05, 0.1) is 0 Å². The van der Waals surface area contributed by atoms with Crippen LogP contribution in [-0.4, -0.2) is 17.6 Å². The van der Waals surface area contributed by atoms with Crippen molar-refractivity contribution in [2.45, 2.75) is 26.7 Å². The summed E-state index contributed by atoms with van der Waals surface area (Å²) in [6, 6.07) is 8.55. The van der Waals surface area contributed by atoms with Crippen molar-refractivity contribution >= 4 is 32.9 Å². The van der Waals surface area contributed by atoms with Crippen molar-refractivity contribution in [2.24, 2.45) is 16.3 Å². The molecule has 0 amide bonds. The molecule has 2 rings (SSSR count). The van der Waals surface area contributed by atoms with E-state index in [9.17, 15) is 0 Å². The summed E-state index contributed by atoms with van der Waals surface area (Å²) in [6.07, 6.45) is 1.83. The lowest BCUT2D eigenvalue weighted by Crippen LogP contribution is -2.32. The Labute approximate surface area is 123 Å². The van der Waals surface area contributed by atoms with Gasteiger partial charge in [0.15, 0.2) is 0 Å². The molecule has 0 bridgehead atoms. The van der Waals surface area contributed by atoms with Crippen LogP contribution in [0.3, 0.4) is 0 Å². The van der Waals surface area contributed by atoms with Crippen LogP contribution in [0.4, 0.5) is 5.69 Å². The monoisotopic (exact) mass is 291 g/mol. The van der Waals surface area contributed by atoms with Crippen LogP contribution in [0.15, 0.2) is 34.8 Å². The molecule has 0 aliphatic carbocycles. The lowest BCUT2D eigenvalue weighted by atomic mass is 9.86. The first-order valence-corrected chi connectivity index (χ1v) is 7.60. The molecule has 0 fully saturated rings. The fraction of sp³-hybridized carbons (Fsp3) is 0.400. The maximum atomic E-state index is 8.73. The summed E-state index contributed by atoms with van der Waals surface area (Å²) in [5.41, 5.74) is 6.54. The lowest BCUT2D eigenvalue weighted by Gasteiger charge is -2.22. The van der Waals surface area contributed by atoms with Crippen molar-refractivity contribution in [3.8, 4) is 0 Å². The third kappa shape index (κ3) is 3.42. The van der Waals surface area contributed by atoms with Gasteiger partial charge in [0.25, 0.3) is 0 Å². The van der Waals surface area contributed by atoms with Crippen molar-refractivity contribution in [2.75, 3.05) is 11.9 Å². The number of nitrogens with zero attached hydrogens (tertiary/aromatic N) is 1. The summed E-state index contributed by atoms with van der Waals surface area (Å²) < 4.78 is 1.31. The van der Waals surface area contributed by atoms with Crippen LogP contribution in [0.5, 0.6) is 0 Å². The average Bonchev–Trinajstić information content (AvgIpc) is 2.90. The van der Waals surface area contributed by atoms with Gasteiger partial charge in [-0.15, -0.1) is 11.3 Å². The van der Waals surface area contributed by atoms with Gasteiger partial charge in [-0.25, -0.2) is 0 Å². The van der Waals surface area contributed by atoms with Crippen LogP contribution in [0, 0.1) is 5.41 Å². The van der Waals surface area contributed by atoms with Crippen LogP contribution in [-0.2, 0) is 0 Å². The zero-order valence-electron chi connectivity index (χ0n) is 11.9. The molecule has 0 spiro atoms. The van der Waals surface area contributed by atoms with E-state index in [1.165, 1.54) is 10.1 Å². The highest BCUT2D eigenvalue weighted by molar-refractivity contribution is 7.17. The Morgan fingerprint density at radius 3 is 2.95 bits per heavy atom. The first-order chi connectivity index (χ1) is 9.53. The Bertz CT molecular complexity index is 604. The normalized spacial score (nSPS) is 12.8. The largest absolute Gasteiger partial charge is 0.409 e. The molecule has 4 nitrogen and oxygen atoms in total. The number of anilines is 1. The standard InChI is InChI=1S/C15H21N3OS/c1-15(2,14(16)18-19)7-3-8-17-12-4-5-13-11(10-12)6-9-20-13/h4-6,9-10,17,19H,3,7-8H2,1-2H3,(H2,16,18). The number of oxime groups is 1. The second kappa shape index (κ2) is 6.13. The van der Waals surface area contributed by atoms with Crippen LogP contribution in [0.25, 0.3) is 10.1 Å². The van der Waals surface area contributed by atoms with Crippen molar-refractivity contribution in [3.05, 3.63) is 29.6 Å². The molecule has 0 aliphatic heterocycles. The van der Waals surface area contributed by atoms with E-state index in [2.05, 4.69) is 40.1 Å². The predicted octanol–water partition coefficient (Wildman–Crippen LogP) is 3.87. The molecule has 20 heavy (non-hydrogen) atoms. The van der Waals surface area contributed by atoms with Gasteiger partial charge in [0.2, 0.25) is 0 Å². The highest BCUT2D eigenvalue weighted by Crippen LogP contribution is 2.25. The molecular formula is C15H21N3OS. The van der Waals surface area contributed by atoms with Crippen molar-refractivity contribution in [1.82, 2.24) is 0 Å². The van der Waals surface area contributed by atoms with Gasteiger partial charge in [0, 0.05) is 22.3 Å².